The molecule has 3 aromatic carbocycles. The summed E-state index contributed by atoms with van der Waals surface area (Å²) in [5.74, 6) is -0.957. The summed E-state index contributed by atoms with van der Waals surface area (Å²) in [4.78, 5) is 25.8. The molecule has 0 saturated carbocycles. The summed E-state index contributed by atoms with van der Waals surface area (Å²) < 4.78 is 33.2. The highest BCUT2D eigenvalue weighted by Gasteiger charge is 2.28. The fourth-order valence-electron chi connectivity index (χ4n) is 3.50. The molecule has 0 spiro atoms. The minimum Gasteiger partial charge on any atom is -0.385 e. The molecule has 0 unspecified atom stereocenters. The van der Waals surface area contributed by atoms with Gasteiger partial charge in [0, 0.05) is 25.3 Å². The molecule has 36 heavy (non-hydrogen) atoms. The van der Waals surface area contributed by atoms with Crippen LogP contribution in [-0.4, -0.2) is 47.0 Å². The molecule has 0 aliphatic heterocycles. The first-order valence-electron chi connectivity index (χ1n) is 11.2. The lowest BCUT2D eigenvalue weighted by atomic mass is 10.1. The molecule has 0 aliphatic carbocycles. The van der Waals surface area contributed by atoms with Gasteiger partial charge in [0.2, 0.25) is 5.91 Å². The Morgan fingerprint density at radius 3 is 2.33 bits per heavy atom. The van der Waals surface area contributed by atoms with Crippen LogP contribution in [0.25, 0.3) is 0 Å². The van der Waals surface area contributed by atoms with Crippen molar-refractivity contribution in [2.45, 2.75) is 18.2 Å². The average Bonchev–Trinajstić information content (AvgIpc) is 2.86. The Labute approximate surface area is 216 Å². The van der Waals surface area contributed by atoms with Crippen LogP contribution < -0.4 is 14.9 Å². The zero-order valence-corrected chi connectivity index (χ0v) is 21.6. The van der Waals surface area contributed by atoms with Gasteiger partial charge in [0.1, 0.15) is 6.54 Å². The summed E-state index contributed by atoms with van der Waals surface area (Å²) in [6.07, 6.45) is 0.644. The van der Waals surface area contributed by atoms with Crippen LogP contribution in [0.5, 0.6) is 0 Å². The van der Waals surface area contributed by atoms with Gasteiger partial charge in [-0.05, 0) is 61.4 Å². The molecular formula is C26H28ClN3O5S. The van der Waals surface area contributed by atoms with Crippen molar-refractivity contribution in [1.29, 1.82) is 0 Å². The third-order valence-electron chi connectivity index (χ3n) is 5.33. The second kappa shape index (κ2) is 12.5. The number of sulfonamides is 1. The third-order valence-corrected chi connectivity index (χ3v) is 7.36. The molecule has 0 radical (unpaired) electrons. The van der Waals surface area contributed by atoms with Crippen LogP contribution in [0.3, 0.4) is 0 Å². The molecule has 0 heterocycles. The van der Waals surface area contributed by atoms with Crippen LogP contribution in [-0.2, 0) is 19.6 Å². The van der Waals surface area contributed by atoms with E-state index in [9.17, 15) is 18.0 Å². The largest absolute Gasteiger partial charge is 0.385 e. The molecule has 2 N–H and O–H groups in total. The summed E-state index contributed by atoms with van der Waals surface area (Å²) >= 11 is 5.93. The maximum atomic E-state index is 13.6. The van der Waals surface area contributed by atoms with Crippen LogP contribution in [0, 0.1) is 6.92 Å². The number of rotatable bonds is 11. The Morgan fingerprint density at radius 2 is 1.64 bits per heavy atom. The van der Waals surface area contributed by atoms with Crippen molar-refractivity contribution in [3.63, 3.8) is 0 Å². The normalized spacial score (nSPS) is 11.1. The summed E-state index contributed by atoms with van der Waals surface area (Å²) in [6, 6.07) is 19.2. The summed E-state index contributed by atoms with van der Waals surface area (Å²) in [7, 11) is -2.52. The topological polar surface area (TPSA) is 105 Å². The Kier molecular flexibility index (Phi) is 9.46. The summed E-state index contributed by atoms with van der Waals surface area (Å²) in [5, 5.41) is 5.87. The van der Waals surface area contributed by atoms with Gasteiger partial charge in [0.25, 0.3) is 15.9 Å². The Morgan fingerprint density at radius 1 is 0.972 bits per heavy atom. The molecule has 3 aromatic rings. The van der Waals surface area contributed by atoms with Gasteiger partial charge in [-0.3, -0.25) is 13.9 Å². The average molecular weight is 530 g/mol. The molecule has 8 nitrogen and oxygen atoms in total. The Hall–Kier alpha value is -3.40. The number of anilines is 2. The number of hydrogen-bond donors (Lipinski definition) is 2. The van der Waals surface area contributed by atoms with Gasteiger partial charge < -0.3 is 15.4 Å². The number of aryl methyl sites for hydroxylation is 1. The van der Waals surface area contributed by atoms with Gasteiger partial charge in [0.05, 0.1) is 21.8 Å². The van der Waals surface area contributed by atoms with Crippen LogP contribution in [0.1, 0.15) is 22.3 Å². The van der Waals surface area contributed by atoms with E-state index in [4.69, 9.17) is 16.3 Å². The van der Waals surface area contributed by atoms with Crippen molar-refractivity contribution in [2.75, 3.05) is 36.4 Å². The minimum absolute atomic E-state index is 0.00112. The molecular weight excluding hydrogens is 502 g/mol. The van der Waals surface area contributed by atoms with E-state index in [0.29, 0.717) is 35.8 Å². The Balaban J connectivity index is 1.86. The van der Waals surface area contributed by atoms with Crippen molar-refractivity contribution in [3.8, 4) is 0 Å². The fourth-order valence-corrected chi connectivity index (χ4v) is 5.11. The van der Waals surface area contributed by atoms with Gasteiger partial charge in [-0.25, -0.2) is 8.42 Å². The highest BCUT2D eigenvalue weighted by molar-refractivity contribution is 7.92. The van der Waals surface area contributed by atoms with Crippen molar-refractivity contribution in [1.82, 2.24) is 5.32 Å². The van der Waals surface area contributed by atoms with Crippen LogP contribution >= 0.6 is 11.6 Å². The van der Waals surface area contributed by atoms with Gasteiger partial charge in [0.15, 0.2) is 0 Å². The first-order chi connectivity index (χ1) is 17.2. The monoisotopic (exact) mass is 529 g/mol. The molecule has 0 atom stereocenters. The second-order valence-electron chi connectivity index (χ2n) is 7.95. The van der Waals surface area contributed by atoms with E-state index in [0.717, 1.165) is 4.31 Å². The van der Waals surface area contributed by atoms with Crippen LogP contribution in [0.15, 0.2) is 77.7 Å². The number of halogens is 1. The summed E-state index contributed by atoms with van der Waals surface area (Å²) in [6.45, 7) is 2.19. The number of hydrogen-bond acceptors (Lipinski definition) is 5. The van der Waals surface area contributed by atoms with Gasteiger partial charge in [-0.2, -0.15) is 0 Å². The molecule has 0 aliphatic rings. The lowest BCUT2D eigenvalue weighted by Gasteiger charge is -2.25. The van der Waals surface area contributed by atoms with Crippen molar-refractivity contribution in [2.24, 2.45) is 0 Å². The number of ether oxygens (including phenoxy) is 1. The molecule has 0 fully saturated rings. The van der Waals surface area contributed by atoms with Gasteiger partial charge in [-0.1, -0.05) is 41.9 Å². The van der Waals surface area contributed by atoms with Gasteiger partial charge >= 0.3 is 0 Å². The number of nitrogens with one attached hydrogen (secondary N) is 2. The standard InChI is InChI=1S/C26H28ClN3O5S/c1-19-8-3-6-11-24(19)30(36(33,34)21-14-12-20(27)13-15-21)18-25(31)29-23-10-5-4-9-22(23)26(32)28-16-7-17-35-2/h3-6,8-15H,7,16-18H2,1-2H3,(H,28,32)(H,29,31). The molecule has 190 valence electrons. The maximum absolute atomic E-state index is 13.6. The van der Waals surface area contributed by atoms with E-state index in [1.807, 2.05) is 0 Å². The number of carbonyl (C=O) groups is 2. The van der Waals surface area contributed by atoms with Crippen LogP contribution in [0.2, 0.25) is 5.02 Å². The highest BCUT2D eigenvalue weighted by atomic mass is 35.5. The molecule has 2 amide bonds. The second-order valence-corrected chi connectivity index (χ2v) is 10.2. The molecule has 3 rings (SSSR count). The number of methoxy groups -OCH3 is 1. The maximum Gasteiger partial charge on any atom is 0.264 e. The molecule has 0 saturated heterocycles. The van der Waals surface area contributed by atoms with E-state index >= 15 is 0 Å². The van der Waals surface area contributed by atoms with Crippen LogP contribution in [0.4, 0.5) is 11.4 Å². The van der Waals surface area contributed by atoms with Gasteiger partial charge in [-0.15, -0.1) is 0 Å². The smallest absolute Gasteiger partial charge is 0.264 e. The zero-order valence-electron chi connectivity index (χ0n) is 20.0. The Bertz CT molecular complexity index is 1310. The SMILES string of the molecule is COCCCNC(=O)c1ccccc1NC(=O)CN(c1ccccc1C)S(=O)(=O)c1ccc(Cl)cc1. The molecule has 10 heteroatoms. The zero-order chi connectivity index (χ0) is 26.1. The predicted octanol–water partition coefficient (Wildman–Crippen LogP) is 4.25. The fraction of sp³-hybridized carbons (Fsp3) is 0.231. The lowest BCUT2D eigenvalue weighted by Crippen LogP contribution is -2.39. The molecule has 0 bridgehead atoms. The predicted molar refractivity (Wildman–Crippen MR) is 141 cm³/mol. The number of para-hydroxylation sites is 2. The van der Waals surface area contributed by atoms with Crippen molar-refractivity contribution in [3.05, 3.63) is 88.9 Å². The van der Waals surface area contributed by atoms with E-state index in [1.54, 1.807) is 62.6 Å². The van der Waals surface area contributed by atoms with E-state index in [2.05, 4.69) is 10.6 Å². The number of nitrogens with zero attached hydrogens (tertiary/aromatic N) is 1. The quantitative estimate of drug-likeness (QED) is 0.361. The van der Waals surface area contributed by atoms with Crippen molar-refractivity contribution < 1.29 is 22.7 Å². The first-order valence-corrected chi connectivity index (χ1v) is 13.1. The van der Waals surface area contributed by atoms with E-state index in [-0.39, 0.29) is 22.1 Å². The van der Waals surface area contributed by atoms with Crippen molar-refractivity contribution >= 4 is 44.8 Å². The number of carbonyl (C=O) groups excluding carboxylic acids is 2. The third kappa shape index (κ3) is 6.84. The van der Waals surface area contributed by atoms with E-state index < -0.39 is 22.5 Å². The number of benzene rings is 3. The minimum atomic E-state index is -4.10. The lowest BCUT2D eigenvalue weighted by molar-refractivity contribution is -0.114. The first kappa shape index (κ1) is 27.2. The summed E-state index contributed by atoms with van der Waals surface area (Å²) in [5.41, 5.74) is 1.59. The molecule has 0 aromatic heterocycles. The highest BCUT2D eigenvalue weighted by Crippen LogP contribution is 2.27. The number of amides is 2. The van der Waals surface area contributed by atoms with E-state index in [1.165, 1.54) is 24.3 Å².